The van der Waals surface area contributed by atoms with Gasteiger partial charge >= 0.3 is 5.97 Å². The molecule has 8 heteroatoms. The summed E-state index contributed by atoms with van der Waals surface area (Å²) in [4.78, 5) is 36.6. The molecule has 0 bridgehead atoms. The first kappa shape index (κ1) is 19.2. The smallest absolute Gasteiger partial charge is 0.311 e. The van der Waals surface area contributed by atoms with Crippen LogP contribution in [0.5, 0.6) is 0 Å². The summed E-state index contributed by atoms with van der Waals surface area (Å²) in [5, 5.41) is 11.9. The quantitative estimate of drug-likeness (QED) is 0.710. The van der Waals surface area contributed by atoms with E-state index in [4.69, 9.17) is 4.42 Å². The van der Waals surface area contributed by atoms with E-state index < -0.39 is 23.2 Å². The highest BCUT2D eigenvalue weighted by Gasteiger charge is 2.35. The largest absolute Gasteiger partial charge is 0.481 e. The van der Waals surface area contributed by atoms with Crippen molar-refractivity contribution in [1.82, 2.24) is 10.2 Å². The van der Waals surface area contributed by atoms with Gasteiger partial charge in [-0.15, -0.1) is 0 Å². The number of carbonyl (C=O) groups is 3. The lowest BCUT2D eigenvalue weighted by Crippen LogP contribution is -2.45. The van der Waals surface area contributed by atoms with E-state index in [0.29, 0.717) is 17.5 Å². The van der Waals surface area contributed by atoms with Gasteiger partial charge in [0.25, 0.3) is 5.91 Å². The Morgan fingerprint density at radius 2 is 1.91 bits per heavy atom. The number of furan rings is 1. The number of aliphatic carboxylic acids is 1. The number of carboxylic acid groups (broad SMARTS) is 1. The molecule has 23 heavy (non-hydrogen) atoms. The summed E-state index contributed by atoms with van der Waals surface area (Å²) >= 11 is 3.10. The molecule has 2 N–H and O–H groups in total. The Kier molecular flexibility index (Phi) is 6.80. The van der Waals surface area contributed by atoms with Gasteiger partial charge in [0, 0.05) is 13.6 Å². The maximum atomic E-state index is 12.1. The van der Waals surface area contributed by atoms with Gasteiger partial charge in [0.2, 0.25) is 5.91 Å². The van der Waals surface area contributed by atoms with E-state index in [2.05, 4.69) is 21.2 Å². The van der Waals surface area contributed by atoms with E-state index >= 15 is 0 Å². The summed E-state index contributed by atoms with van der Waals surface area (Å²) in [5.74, 6) is -1.66. The Balaban J connectivity index is 2.59. The van der Waals surface area contributed by atoms with E-state index in [9.17, 15) is 19.5 Å². The van der Waals surface area contributed by atoms with Gasteiger partial charge in [0.05, 0.1) is 12.0 Å². The van der Waals surface area contributed by atoms with Crippen molar-refractivity contribution in [3.8, 4) is 0 Å². The predicted molar refractivity (Wildman–Crippen MR) is 87.0 cm³/mol. The number of nitrogens with zero attached hydrogens (tertiary/aromatic N) is 1. The number of carbonyl (C=O) groups excluding carboxylic acids is 2. The van der Waals surface area contributed by atoms with E-state index in [-0.39, 0.29) is 18.8 Å². The second-order valence-electron chi connectivity index (χ2n) is 5.33. The minimum atomic E-state index is -0.982. The van der Waals surface area contributed by atoms with Gasteiger partial charge in [-0.05, 0) is 40.9 Å². The monoisotopic (exact) mass is 388 g/mol. The lowest BCUT2D eigenvalue weighted by atomic mass is 9.82. The summed E-state index contributed by atoms with van der Waals surface area (Å²) in [6, 6.07) is 3.09. The topological polar surface area (TPSA) is 99.9 Å². The Morgan fingerprint density at radius 1 is 1.30 bits per heavy atom. The first-order valence-electron chi connectivity index (χ1n) is 7.26. The number of carboxylic acids is 1. The van der Waals surface area contributed by atoms with Crippen LogP contribution in [0.1, 0.15) is 37.2 Å². The van der Waals surface area contributed by atoms with Crippen molar-refractivity contribution in [3.63, 3.8) is 0 Å². The third kappa shape index (κ3) is 4.82. The fourth-order valence-corrected chi connectivity index (χ4v) is 2.41. The molecule has 0 saturated carbocycles. The maximum absolute atomic E-state index is 12.1. The fourth-order valence-electron chi connectivity index (χ4n) is 2.11. The number of halogens is 1. The molecule has 0 radical (unpaired) electrons. The van der Waals surface area contributed by atoms with Crippen LogP contribution in [0.25, 0.3) is 0 Å². The average Bonchev–Trinajstić information content (AvgIpc) is 2.94. The van der Waals surface area contributed by atoms with E-state index in [0.717, 1.165) is 0 Å². The van der Waals surface area contributed by atoms with Crippen molar-refractivity contribution in [3.05, 3.63) is 22.6 Å². The first-order chi connectivity index (χ1) is 10.8. The molecule has 2 amide bonds. The van der Waals surface area contributed by atoms with Crippen LogP contribution in [0.4, 0.5) is 0 Å². The molecule has 0 saturated heterocycles. The first-order valence-corrected chi connectivity index (χ1v) is 8.06. The number of hydrogen-bond acceptors (Lipinski definition) is 4. The summed E-state index contributed by atoms with van der Waals surface area (Å²) in [7, 11) is 1.47. The van der Waals surface area contributed by atoms with Crippen LogP contribution in [0, 0.1) is 5.41 Å². The van der Waals surface area contributed by atoms with Crippen LogP contribution in [0.2, 0.25) is 0 Å². The molecular formula is C15H21BrN2O5. The molecule has 0 spiro atoms. The highest BCUT2D eigenvalue weighted by atomic mass is 79.9. The molecule has 128 valence electrons. The highest BCUT2D eigenvalue weighted by molar-refractivity contribution is 9.10. The number of rotatable bonds is 8. The molecule has 0 aromatic carbocycles. The molecule has 0 aliphatic carbocycles. The maximum Gasteiger partial charge on any atom is 0.311 e. The molecule has 0 aliphatic rings. The molecule has 1 aromatic rings. The van der Waals surface area contributed by atoms with Crippen molar-refractivity contribution < 1.29 is 23.9 Å². The zero-order valence-electron chi connectivity index (χ0n) is 13.4. The van der Waals surface area contributed by atoms with Crippen LogP contribution in [0.3, 0.4) is 0 Å². The van der Waals surface area contributed by atoms with Gasteiger partial charge in [-0.2, -0.15) is 0 Å². The van der Waals surface area contributed by atoms with Gasteiger partial charge in [0.15, 0.2) is 10.4 Å². The highest BCUT2D eigenvalue weighted by Crippen LogP contribution is 2.25. The zero-order valence-corrected chi connectivity index (χ0v) is 15.0. The Morgan fingerprint density at radius 3 is 2.35 bits per heavy atom. The Hall–Kier alpha value is -1.83. The number of nitrogens with one attached hydrogen (secondary N) is 1. The molecule has 0 fully saturated rings. The summed E-state index contributed by atoms with van der Waals surface area (Å²) < 4.78 is 5.57. The molecule has 0 atom stereocenters. The Bertz CT molecular complexity index is 580. The predicted octanol–water partition coefficient (Wildman–Crippen LogP) is 2.12. The van der Waals surface area contributed by atoms with Crippen LogP contribution < -0.4 is 5.32 Å². The van der Waals surface area contributed by atoms with E-state index in [1.54, 1.807) is 19.9 Å². The van der Waals surface area contributed by atoms with Crippen molar-refractivity contribution in [2.24, 2.45) is 5.41 Å². The number of likely N-dealkylation sites (N-methyl/N-ethyl adjacent to an activating group) is 1. The number of amides is 2. The van der Waals surface area contributed by atoms with Crippen LogP contribution in [-0.4, -0.2) is 47.9 Å². The van der Waals surface area contributed by atoms with Crippen LogP contribution in [-0.2, 0) is 9.59 Å². The van der Waals surface area contributed by atoms with Gasteiger partial charge in [-0.3, -0.25) is 14.4 Å². The van der Waals surface area contributed by atoms with Crippen LogP contribution in [0.15, 0.2) is 21.2 Å². The molecule has 1 rings (SSSR count). The van der Waals surface area contributed by atoms with E-state index in [1.165, 1.54) is 18.0 Å². The standard InChI is InChI=1S/C15H21BrN2O5/c1-4-15(5-2,14(21)22)9-17-12(19)8-18(3)13(20)10-6-7-11(16)23-10/h6-7H,4-5,8-9H2,1-3H3,(H,17,19)(H,21,22). The van der Waals surface area contributed by atoms with Crippen LogP contribution >= 0.6 is 15.9 Å². The summed E-state index contributed by atoms with van der Waals surface area (Å²) in [6.45, 7) is 3.39. The van der Waals surface area contributed by atoms with Crippen molar-refractivity contribution in [2.75, 3.05) is 20.1 Å². The lowest BCUT2D eigenvalue weighted by molar-refractivity contribution is -0.149. The SMILES string of the molecule is CCC(CC)(CNC(=O)CN(C)C(=O)c1ccc(Br)o1)C(=O)O. The Labute approximate surface area is 143 Å². The van der Waals surface area contributed by atoms with E-state index in [1.807, 2.05) is 0 Å². The lowest BCUT2D eigenvalue weighted by Gasteiger charge is -2.27. The van der Waals surface area contributed by atoms with Gasteiger partial charge in [-0.1, -0.05) is 13.8 Å². The minimum Gasteiger partial charge on any atom is -0.481 e. The second-order valence-corrected chi connectivity index (χ2v) is 6.12. The fraction of sp³-hybridized carbons (Fsp3) is 0.533. The average molecular weight is 389 g/mol. The molecule has 1 heterocycles. The zero-order chi connectivity index (χ0) is 17.6. The van der Waals surface area contributed by atoms with Gasteiger partial charge < -0.3 is 19.7 Å². The third-order valence-electron chi connectivity index (χ3n) is 3.94. The van der Waals surface area contributed by atoms with Crippen molar-refractivity contribution in [2.45, 2.75) is 26.7 Å². The molecule has 0 unspecified atom stereocenters. The van der Waals surface area contributed by atoms with Crippen molar-refractivity contribution in [1.29, 1.82) is 0 Å². The van der Waals surface area contributed by atoms with Crippen molar-refractivity contribution >= 4 is 33.7 Å². The summed E-state index contributed by atoms with van der Waals surface area (Å²) in [6.07, 6.45) is 0.822. The van der Waals surface area contributed by atoms with Gasteiger partial charge in [-0.25, -0.2) is 0 Å². The molecule has 7 nitrogen and oxygen atoms in total. The normalized spacial score (nSPS) is 11.1. The minimum absolute atomic E-state index is 0.0303. The molecule has 0 aliphatic heterocycles. The molecular weight excluding hydrogens is 368 g/mol. The van der Waals surface area contributed by atoms with Gasteiger partial charge in [0.1, 0.15) is 0 Å². The number of hydrogen-bond donors (Lipinski definition) is 2. The summed E-state index contributed by atoms with van der Waals surface area (Å²) in [5.41, 5.74) is -0.982. The second kappa shape index (κ2) is 8.14. The third-order valence-corrected chi connectivity index (χ3v) is 4.37. The molecule has 1 aromatic heterocycles.